The molecule has 4 amide bonds. The summed E-state index contributed by atoms with van der Waals surface area (Å²) < 4.78 is 12.8. The van der Waals surface area contributed by atoms with Crippen LogP contribution >= 0.6 is 0 Å². The Kier molecular flexibility index (Phi) is 3.84. The number of Topliss-reactive ketones (excluding diaryl/α,β-unsaturated/α-hetero) is 1. The number of ketones is 1. The average Bonchev–Trinajstić information content (AvgIpc) is 2.63. The van der Waals surface area contributed by atoms with E-state index in [1.165, 1.54) is 12.1 Å². The second kappa shape index (κ2) is 5.43. The van der Waals surface area contributed by atoms with E-state index in [-0.39, 0.29) is 5.56 Å². The van der Waals surface area contributed by atoms with Gasteiger partial charge in [0.2, 0.25) is 0 Å². The Morgan fingerprint density at radius 1 is 1.10 bits per heavy atom. The van der Waals surface area contributed by atoms with Crippen LogP contribution in [0, 0.1) is 5.82 Å². The highest BCUT2D eigenvalue weighted by molar-refractivity contribution is 6.45. The molecule has 7 heteroatoms. The van der Waals surface area contributed by atoms with E-state index in [2.05, 4.69) is 0 Å². The first-order valence-corrected chi connectivity index (χ1v) is 6.30. The lowest BCUT2D eigenvalue weighted by atomic mass is 10.1. The van der Waals surface area contributed by atoms with E-state index >= 15 is 0 Å². The molecule has 1 aromatic carbocycles. The Morgan fingerprint density at radius 2 is 1.67 bits per heavy atom. The van der Waals surface area contributed by atoms with Gasteiger partial charge in [0.1, 0.15) is 5.82 Å². The Bertz CT molecular complexity index is 624. The lowest BCUT2D eigenvalue weighted by Crippen LogP contribution is -2.39. The van der Waals surface area contributed by atoms with E-state index in [0.29, 0.717) is 4.90 Å². The standard InChI is InChI=1S/C14H13FN2O4/c1-8(2)17-13(20)12(19)16(14(17)21)7-11(18)9-3-5-10(15)6-4-9/h3-6,8H,7H2,1-2H3. The molecule has 21 heavy (non-hydrogen) atoms. The van der Waals surface area contributed by atoms with Gasteiger partial charge in [0.05, 0.1) is 6.54 Å². The van der Waals surface area contributed by atoms with Crippen molar-refractivity contribution in [3.05, 3.63) is 35.6 Å². The van der Waals surface area contributed by atoms with Crippen molar-refractivity contribution < 1.29 is 23.6 Å². The van der Waals surface area contributed by atoms with E-state index < -0.39 is 42.0 Å². The predicted octanol–water partition coefficient (Wildman–Crippen LogP) is 1.21. The molecular formula is C14H13FN2O4. The summed E-state index contributed by atoms with van der Waals surface area (Å²) in [5.41, 5.74) is 0.160. The highest BCUT2D eigenvalue weighted by Crippen LogP contribution is 2.16. The zero-order valence-electron chi connectivity index (χ0n) is 11.5. The van der Waals surface area contributed by atoms with Crippen molar-refractivity contribution in [2.24, 2.45) is 0 Å². The van der Waals surface area contributed by atoms with Gasteiger partial charge in [-0.15, -0.1) is 0 Å². The van der Waals surface area contributed by atoms with Crippen LogP contribution in [0.4, 0.5) is 9.18 Å². The first kappa shape index (κ1) is 14.8. The van der Waals surface area contributed by atoms with Crippen LogP contribution in [0.2, 0.25) is 0 Å². The van der Waals surface area contributed by atoms with E-state index in [4.69, 9.17) is 0 Å². The van der Waals surface area contributed by atoms with Crippen molar-refractivity contribution in [3.63, 3.8) is 0 Å². The minimum Gasteiger partial charge on any atom is -0.292 e. The molecule has 1 aliphatic rings. The van der Waals surface area contributed by atoms with E-state index in [1.54, 1.807) is 13.8 Å². The van der Waals surface area contributed by atoms with E-state index in [1.807, 2.05) is 0 Å². The maximum atomic E-state index is 12.8. The first-order chi connectivity index (χ1) is 9.82. The number of halogens is 1. The van der Waals surface area contributed by atoms with Crippen LogP contribution in [0.5, 0.6) is 0 Å². The van der Waals surface area contributed by atoms with Crippen molar-refractivity contribution in [3.8, 4) is 0 Å². The molecule has 0 unspecified atom stereocenters. The smallest absolute Gasteiger partial charge is 0.292 e. The lowest BCUT2D eigenvalue weighted by Gasteiger charge is -2.18. The molecule has 0 saturated carbocycles. The van der Waals surface area contributed by atoms with Gasteiger partial charge in [0.25, 0.3) is 0 Å². The number of amides is 4. The molecule has 1 fully saturated rings. The average molecular weight is 292 g/mol. The number of nitrogens with zero attached hydrogens (tertiary/aromatic N) is 2. The van der Waals surface area contributed by atoms with Crippen LogP contribution in [0.25, 0.3) is 0 Å². The van der Waals surface area contributed by atoms with E-state index in [0.717, 1.165) is 17.0 Å². The summed E-state index contributed by atoms with van der Waals surface area (Å²) in [6, 6.07) is 3.43. The zero-order chi connectivity index (χ0) is 15.7. The summed E-state index contributed by atoms with van der Waals surface area (Å²) in [6.07, 6.45) is 0. The second-order valence-electron chi connectivity index (χ2n) is 4.87. The molecule has 1 aromatic rings. The topological polar surface area (TPSA) is 74.8 Å². The predicted molar refractivity (Wildman–Crippen MR) is 69.8 cm³/mol. The Labute approximate surface area is 120 Å². The third-order valence-electron chi connectivity index (χ3n) is 3.07. The molecule has 1 saturated heterocycles. The normalized spacial score (nSPS) is 15.3. The first-order valence-electron chi connectivity index (χ1n) is 6.30. The molecule has 1 aliphatic heterocycles. The molecule has 0 bridgehead atoms. The number of urea groups is 1. The maximum Gasteiger partial charge on any atom is 0.334 e. The number of hydrogen-bond donors (Lipinski definition) is 0. The summed E-state index contributed by atoms with van der Waals surface area (Å²) in [5, 5.41) is 0. The number of benzene rings is 1. The molecular weight excluding hydrogens is 279 g/mol. The molecule has 0 radical (unpaired) electrons. The van der Waals surface area contributed by atoms with E-state index in [9.17, 15) is 23.6 Å². The molecule has 0 aromatic heterocycles. The fraction of sp³-hybridized carbons (Fsp3) is 0.286. The molecule has 0 atom stereocenters. The molecule has 0 N–H and O–H groups in total. The fourth-order valence-electron chi connectivity index (χ4n) is 1.99. The third kappa shape index (κ3) is 2.67. The third-order valence-corrected chi connectivity index (χ3v) is 3.07. The molecule has 6 nitrogen and oxygen atoms in total. The van der Waals surface area contributed by atoms with Crippen LogP contribution in [0.15, 0.2) is 24.3 Å². The summed E-state index contributed by atoms with van der Waals surface area (Å²) >= 11 is 0. The minimum absolute atomic E-state index is 0.160. The van der Waals surface area contributed by atoms with Crippen LogP contribution in [0.1, 0.15) is 24.2 Å². The van der Waals surface area contributed by atoms with Gasteiger partial charge < -0.3 is 0 Å². The van der Waals surface area contributed by atoms with Crippen molar-refractivity contribution in [2.45, 2.75) is 19.9 Å². The number of carbonyl (C=O) groups excluding carboxylic acids is 4. The van der Waals surface area contributed by atoms with Gasteiger partial charge in [-0.25, -0.2) is 14.1 Å². The molecule has 0 aliphatic carbocycles. The second-order valence-corrected chi connectivity index (χ2v) is 4.87. The largest absolute Gasteiger partial charge is 0.334 e. The highest BCUT2D eigenvalue weighted by Gasteiger charge is 2.46. The Morgan fingerprint density at radius 3 is 2.14 bits per heavy atom. The van der Waals surface area contributed by atoms with Gasteiger partial charge in [0.15, 0.2) is 5.78 Å². The monoisotopic (exact) mass is 292 g/mol. The van der Waals surface area contributed by atoms with Crippen LogP contribution in [0.3, 0.4) is 0 Å². The molecule has 0 spiro atoms. The van der Waals surface area contributed by atoms with Crippen LogP contribution in [-0.4, -0.2) is 46.0 Å². The van der Waals surface area contributed by atoms with Crippen molar-refractivity contribution in [2.75, 3.05) is 6.54 Å². The van der Waals surface area contributed by atoms with Crippen LogP contribution < -0.4 is 0 Å². The van der Waals surface area contributed by atoms with Gasteiger partial charge in [-0.3, -0.25) is 19.3 Å². The number of rotatable bonds is 4. The van der Waals surface area contributed by atoms with Crippen LogP contribution in [-0.2, 0) is 9.59 Å². The zero-order valence-corrected chi connectivity index (χ0v) is 11.5. The summed E-state index contributed by atoms with van der Waals surface area (Å²) in [4.78, 5) is 48.8. The Hall–Kier alpha value is -2.57. The maximum absolute atomic E-state index is 12.8. The summed E-state index contributed by atoms with van der Waals surface area (Å²) in [7, 11) is 0. The van der Waals surface area contributed by atoms with Crippen molar-refractivity contribution >= 4 is 23.6 Å². The van der Waals surface area contributed by atoms with Gasteiger partial charge in [0, 0.05) is 11.6 Å². The van der Waals surface area contributed by atoms with Gasteiger partial charge in [-0.2, -0.15) is 0 Å². The fourth-order valence-corrected chi connectivity index (χ4v) is 1.99. The molecule has 110 valence electrons. The summed E-state index contributed by atoms with van der Waals surface area (Å²) in [5.74, 6) is -3.01. The van der Waals surface area contributed by atoms with Crippen molar-refractivity contribution in [1.29, 1.82) is 0 Å². The minimum atomic E-state index is -1.02. The van der Waals surface area contributed by atoms with Crippen molar-refractivity contribution in [1.82, 2.24) is 9.80 Å². The molecule has 1 heterocycles. The SMILES string of the molecule is CC(C)N1C(=O)C(=O)N(CC(=O)c2ccc(F)cc2)C1=O. The number of carbonyl (C=O) groups is 4. The number of hydrogen-bond acceptors (Lipinski definition) is 4. The highest BCUT2D eigenvalue weighted by atomic mass is 19.1. The Balaban J connectivity index is 2.18. The lowest BCUT2D eigenvalue weighted by molar-refractivity contribution is -0.143. The van der Waals surface area contributed by atoms with Gasteiger partial charge in [-0.05, 0) is 38.1 Å². The quantitative estimate of drug-likeness (QED) is 0.475. The number of imide groups is 2. The summed E-state index contributed by atoms with van der Waals surface area (Å²) in [6.45, 7) is 2.64. The van der Waals surface area contributed by atoms with Gasteiger partial charge >= 0.3 is 17.8 Å². The van der Waals surface area contributed by atoms with Gasteiger partial charge in [-0.1, -0.05) is 0 Å². The molecule has 2 rings (SSSR count).